The van der Waals surface area contributed by atoms with Crippen molar-refractivity contribution in [3.8, 4) is 11.5 Å². The Hall–Kier alpha value is -2.68. The van der Waals surface area contributed by atoms with E-state index in [1.54, 1.807) is 60.7 Å². The van der Waals surface area contributed by atoms with Gasteiger partial charge in [0, 0.05) is 15.1 Å². The Morgan fingerprint density at radius 1 is 1.03 bits per heavy atom. The zero-order valence-electron chi connectivity index (χ0n) is 15.8. The average Bonchev–Trinajstić information content (AvgIpc) is 2.75. The van der Waals surface area contributed by atoms with Crippen LogP contribution in [-0.4, -0.2) is 24.7 Å². The molecule has 0 bridgehead atoms. The van der Waals surface area contributed by atoms with Crippen LogP contribution in [-0.2, 0) is 4.79 Å². The van der Waals surface area contributed by atoms with Gasteiger partial charge in [0.25, 0.3) is 5.91 Å². The van der Waals surface area contributed by atoms with Crippen LogP contribution in [0.25, 0.3) is 0 Å². The number of halogens is 3. The molecule has 31 heavy (non-hydrogen) atoms. The van der Waals surface area contributed by atoms with Crippen molar-refractivity contribution in [2.45, 2.75) is 0 Å². The predicted octanol–water partition coefficient (Wildman–Crippen LogP) is 5.61. The van der Waals surface area contributed by atoms with Crippen LogP contribution in [0.5, 0.6) is 11.5 Å². The maximum atomic E-state index is 12.4. The Labute approximate surface area is 200 Å². The lowest BCUT2D eigenvalue weighted by atomic mass is 10.2. The molecule has 0 heterocycles. The zero-order valence-corrected chi connectivity index (χ0v) is 19.8. The number of nitrogens with one attached hydrogen (secondary N) is 1. The predicted molar refractivity (Wildman–Crippen MR) is 126 cm³/mol. The van der Waals surface area contributed by atoms with Crippen LogP contribution in [0.1, 0.15) is 15.9 Å². The average molecular weight is 567 g/mol. The quantitative estimate of drug-likeness (QED) is 0.175. The summed E-state index contributed by atoms with van der Waals surface area (Å²) in [6.07, 6.45) is 1.38. The third-order valence-corrected chi connectivity index (χ3v) is 5.08. The molecule has 9 heteroatoms. The first-order valence-corrected chi connectivity index (χ1v) is 10.9. The van der Waals surface area contributed by atoms with Crippen LogP contribution in [0.2, 0.25) is 5.02 Å². The SMILES string of the molecule is O=C(COc1cccc(Cl)c1)NN=Cc1cc(Br)cc(Br)c1OC(=O)c1ccccc1. The van der Waals surface area contributed by atoms with Gasteiger partial charge in [0.15, 0.2) is 12.4 Å². The molecule has 6 nitrogen and oxygen atoms in total. The standard InChI is InChI=1S/C22H15Br2ClN2O4/c23-16-9-15(12-26-27-20(28)13-30-18-8-4-7-17(25)11-18)21(19(24)10-16)31-22(29)14-5-2-1-3-6-14/h1-12H,13H2,(H,27,28). The van der Waals surface area contributed by atoms with Crippen molar-refractivity contribution < 1.29 is 19.1 Å². The molecule has 0 saturated heterocycles. The number of hydrazone groups is 1. The van der Waals surface area contributed by atoms with Crippen molar-refractivity contribution in [1.82, 2.24) is 5.43 Å². The summed E-state index contributed by atoms with van der Waals surface area (Å²) in [5.74, 6) is -0.242. The van der Waals surface area contributed by atoms with Gasteiger partial charge < -0.3 is 9.47 Å². The Kier molecular flexibility index (Phi) is 8.22. The van der Waals surface area contributed by atoms with E-state index >= 15 is 0 Å². The third-order valence-electron chi connectivity index (χ3n) is 3.80. The molecule has 0 aliphatic rings. The molecule has 0 spiro atoms. The fraction of sp³-hybridized carbons (Fsp3) is 0.0455. The van der Waals surface area contributed by atoms with Crippen LogP contribution < -0.4 is 14.9 Å². The van der Waals surface area contributed by atoms with Crippen molar-refractivity contribution >= 4 is 61.6 Å². The smallest absolute Gasteiger partial charge is 0.343 e. The van der Waals surface area contributed by atoms with Gasteiger partial charge in [0.2, 0.25) is 0 Å². The molecule has 3 aromatic rings. The second-order valence-electron chi connectivity index (χ2n) is 6.10. The highest BCUT2D eigenvalue weighted by Crippen LogP contribution is 2.32. The first kappa shape index (κ1) is 23.0. The minimum atomic E-state index is -0.516. The molecule has 158 valence electrons. The molecule has 1 N–H and O–H groups in total. The van der Waals surface area contributed by atoms with E-state index < -0.39 is 11.9 Å². The second kappa shape index (κ2) is 11.1. The number of hydrogen-bond donors (Lipinski definition) is 1. The lowest BCUT2D eigenvalue weighted by Gasteiger charge is -2.10. The highest BCUT2D eigenvalue weighted by Gasteiger charge is 2.15. The second-order valence-corrected chi connectivity index (χ2v) is 8.31. The van der Waals surface area contributed by atoms with Gasteiger partial charge in [-0.25, -0.2) is 10.2 Å². The highest BCUT2D eigenvalue weighted by atomic mass is 79.9. The molecule has 3 aromatic carbocycles. The lowest BCUT2D eigenvalue weighted by Crippen LogP contribution is -2.24. The van der Waals surface area contributed by atoms with Crippen LogP contribution >= 0.6 is 43.5 Å². The number of nitrogens with zero attached hydrogens (tertiary/aromatic N) is 1. The van der Waals surface area contributed by atoms with Gasteiger partial charge in [-0.1, -0.05) is 51.8 Å². The van der Waals surface area contributed by atoms with E-state index in [0.29, 0.717) is 26.4 Å². The maximum Gasteiger partial charge on any atom is 0.343 e. The van der Waals surface area contributed by atoms with Crippen molar-refractivity contribution in [2.24, 2.45) is 5.10 Å². The molecule has 0 radical (unpaired) electrons. The number of carbonyl (C=O) groups excluding carboxylic acids is 2. The Balaban J connectivity index is 1.66. The molecule has 0 saturated carbocycles. The molecule has 1 amide bonds. The van der Waals surface area contributed by atoms with E-state index in [1.807, 2.05) is 6.07 Å². The van der Waals surface area contributed by atoms with Gasteiger partial charge in [0.05, 0.1) is 16.3 Å². The van der Waals surface area contributed by atoms with Crippen molar-refractivity contribution in [1.29, 1.82) is 0 Å². The van der Waals surface area contributed by atoms with E-state index in [-0.39, 0.29) is 12.4 Å². The number of esters is 1. The minimum absolute atomic E-state index is 0.240. The number of rotatable bonds is 7. The Morgan fingerprint density at radius 2 is 1.81 bits per heavy atom. The first-order valence-electron chi connectivity index (χ1n) is 8.89. The summed E-state index contributed by atoms with van der Waals surface area (Å²) in [7, 11) is 0. The topological polar surface area (TPSA) is 77.0 Å². The largest absolute Gasteiger partial charge is 0.484 e. The van der Waals surface area contributed by atoms with Gasteiger partial charge in [-0.15, -0.1) is 0 Å². The van der Waals surface area contributed by atoms with Crippen molar-refractivity contribution in [3.63, 3.8) is 0 Å². The molecule has 3 rings (SSSR count). The van der Waals surface area contributed by atoms with Gasteiger partial charge in [0.1, 0.15) is 5.75 Å². The van der Waals surface area contributed by atoms with Gasteiger partial charge in [-0.3, -0.25) is 4.79 Å². The fourth-order valence-corrected chi connectivity index (χ4v) is 3.94. The monoisotopic (exact) mass is 564 g/mol. The zero-order chi connectivity index (χ0) is 22.2. The Bertz CT molecular complexity index is 1120. The molecule has 0 aliphatic carbocycles. The summed E-state index contributed by atoms with van der Waals surface area (Å²) < 4.78 is 12.2. The summed E-state index contributed by atoms with van der Waals surface area (Å²) in [5.41, 5.74) is 3.25. The summed E-state index contributed by atoms with van der Waals surface area (Å²) in [4.78, 5) is 24.4. The molecule has 0 aromatic heterocycles. The van der Waals surface area contributed by atoms with Crippen molar-refractivity contribution in [2.75, 3.05) is 6.61 Å². The summed E-state index contributed by atoms with van der Waals surface area (Å²) in [6.45, 7) is -0.240. The van der Waals surface area contributed by atoms with E-state index in [0.717, 1.165) is 4.47 Å². The number of amides is 1. The first-order chi connectivity index (χ1) is 14.9. The molecule has 0 atom stereocenters. The summed E-state index contributed by atoms with van der Waals surface area (Å²) in [6, 6.07) is 18.8. The summed E-state index contributed by atoms with van der Waals surface area (Å²) >= 11 is 12.7. The number of benzene rings is 3. The van der Waals surface area contributed by atoms with Crippen molar-refractivity contribution in [3.05, 3.63) is 91.8 Å². The number of carbonyl (C=O) groups is 2. The third kappa shape index (κ3) is 6.92. The van der Waals surface area contributed by atoms with Gasteiger partial charge >= 0.3 is 5.97 Å². The fourth-order valence-electron chi connectivity index (χ4n) is 2.42. The van der Waals surface area contributed by atoms with E-state index in [1.165, 1.54) is 6.21 Å². The van der Waals surface area contributed by atoms with E-state index in [2.05, 4.69) is 42.4 Å². The van der Waals surface area contributed by atoms with Crippen LogP contribution in [0.4, 0.5) is 0 Å². The van der Waals surface area contributed by atoms with Crippen LogP contribution in [0.3, 0.4) is 0 Å². The molecule has 0 fully saturated rings. The molecular weight excluding hydrogens is 552 g/mol. The number of ether oxygens (including phenoxy) is 2. The molecule has 0 unspecified atom stereocenters. The van der Waals surface area contributed by atoms with E-state index in [9.17, 15) is 9.59 Å². The summed E-state index contributed by atoms with van der Waals surface area (Å²) in [5, 5.41) is 4.44. The van der Waals surface area contributed by atoms with Gasteiger partial charge in [-0.05, 0) is 58.4 Å². The molecule has 0 aliphatic heterocycles. The van der Waals surface area contributed by atoms with Crippen LogP contribution in [0.15, 0.2) is 80.8 Å². The minimum Gasteiger partial charge on any atom is -0.484 e. The molecular formula is C22H15Br2ClN2O4. The Morgan fingerprint density at radius 3 is 2.55 bits per heavy atom. The maximum absolute atomic E-state index is 12.4. The van der Waals surface area contributed by atoms with Gasteiger partial charge in [-0.2, -0.15) is 5.10 Å². The highest BCUT2D eigenvalue weighted by molar-refractivity contribution is 9.11. The van der Waals surface area contributed by atoms with Crippen LogP contribution in [0, 0.1) is 0 Å². The lowest BCUT2D eigenvalue weighted by molar-refractivity contribution is -0.123. The number of hydrogen-bond acceptors (Lipinski definition) is 5. The normalized spacial score (nSPS) is 10.7. The van der Waals surface area contributed by atoms with E-state index in [4.69, 9.17) is 21.1 Å².